The average Bonchev–Trinajstić information content (AvgIpc) is 3.42. The Morgan fingerprint density at radius 2 is 1.69 bits per heavy atom. The lowest BCUT2D eigenvalue weighted by atomic mass is 9.95. The zero-order valence-electron chi connectivity index (χ0n) is 14.5. The first-order chi connectivity index (χ1) is 12.4. The molecule has 0 aliphatic heterocycles. The molecular formula is C19H21BrN2O3S. The molecule has 1 aliphatic rings. The van der Waals surface area contributed by atoms with Crippen molar-refractivity contribution in [1.29, 1.82) is 0 Å². The van der Waals surface area contributed by atoms with Crippen molar-refractivity contribution >= 4 is 37.5 Å². The van der Waals surface area contributed by atoms with Crippen molar-refractivity contribution < 1.29 is 13.2 Å². The van der Waals surface area contributed by atoms with E-state index in [9.17, 15) is 13.2 Å². The van der Waals surface area contributed by atoms with E-state index in [2.05, 4.69) is 26.0 Å². The molecule has 1 saturated carbocycles. The van der Waals surface area contributed by atoms with Gasteiger partial charge in [-0.15, -0.1) is 0 Å². The number of anilines is 1. The normalized spacial score (nSPS) is 15.3. The van der Waals surface area contributed by atoms with Gasteiger partial charge in [0.1, 0.15) is 0 Å². The van der Waals surface area contributed by atoms with Crippen LogP contribution in [0.3, 0.4) is 0 Å². The monoisotopic (exact) mass is 436 g/mol. The van der Waals surface area contributed by atoms with Gasteiger partial charge in [0.25, 0.3) is 10.0 Å². The zero-order valence-corrected chi connectivity index (χ0v) is 16.9. The van der Waals surface area contributed by atoms with Gasteiger partial charge in [-0.1, -0.05) is 35.0 Å². The van der Waals surface area contributed by atoms with E-state index in [0.717, 1.165) is 29.3 Å². The topological polar surface area (TPSA) is 75.3 Å². The van der Waals surface area contributed by atoms with Gasteiger partial charge in [0.2, 0.25) is 5.91 Å². The van der Waals surface area contributed by atoms with Gasteiger partial charge in [0, 0.05) is 16.7 Å². The third-order valence-corrected chi connectivity index (χ3v) is 6.46. The highest BCUT2D eigenvalue weighted by Crippen LogP contribution is 2.48. The molecule has 2 aromatic rings. The second-order valence-electron chi connectivity index (χ2n) is 6.47. The lowest BCUT2D eigenvalue weighted by Crippen LogP contribution is -2.35. The lowest BCUT2D eigenvalue weighted by Gasteiger charge is -2.16. The number of rotatable bonds is 7. The van der Waals surface area contributed by atoms with Crippen molar-refractivity contribution in [2.75, 3.05) is 11.3 Å². The fraction of sp³-hybridized carbons (Fsp3) is 0.316. The predicted octanol–water partition coefficient (Wildman–Crippen LogP) is 3.81. The molecule has 0 radical (unpaired) electrons. The Balaban J connectivity index is 1.74. The highest BCUT2D eigenvalue weighted by Gasteiger charge is 2.50. The summed E-state index contributed by atoms with van der Waals surface area (Å²) < 4.78 is 28.3. The molecule has 138 valence electrons. The molecule has 0 spiro atoms. The Morgan fingerprint density at radius 3 is 2.23 bits per heavy atom. The molecule has 1 fully saturated rings. The molecule has 1 amide bonds. The smallest absolute Gasteiger partial charge is 0.261 e. The fourth-order valence-electron chi connectivity index (χ4n) is 2.86. The van der Waals surface area contributed by atoms with E-state index in [4.69, 9.17) is 0 Å². The van der Waals surface area contributed by atoms with E-state index in [0.29, 0.717) is 12.2 Å². The number of sulfonamides is 1. The molecule has 5 nitrogen and oxygen atoms in total. The van der Waals surface area contributed by atoms with Crippen LogP contribution in [0.15, 0.2) is 57.9 Å². The summed E-state index contributed by atoms with van der Waals surface area (Å²) in [6.07, 6.45) is 2.55. The van der Waals surface area contributed by atoms with Crippen LogP contribution in [-0.4, -0.2) is 20.9 Å². The van der Waals surface area contributed by atoms with Gasteiger partial charge in [-0.2, -0.15) is 0 Å². The quantitative estimate of drug-likeness (QED) is 0.692. The summed E-state index contributed by atoms with van der Waals surface area (Å²) in [5.41, 5.74) is 0.956. The van der Waals surface area contributed by atoms with Crippen LogP contribution < -0.4 is 10.0 Å². The van der Waals surface area contributed by atoms with Gasteiger partial charge >= 0.3 is 0 Å². The highest BCUT2D eigenvalue weighted by atomic mass is 79.9. The second-order valence-corrected chi connectivity index (χ2v) is 9.07. The maximum Gasteiger partial charge on any atom is 0.261 e. The predicted molar refractivity (Wildman–Crippen MR) is 106 cm³/mol. The van der Waals surface area contributed by atoms with Crippen LogP contribution in [0.25, 0.3) is 0 Å². The molecule has 7 heteroatoms. The lowest BCUT2D eigenvalue weighted by molar-refractivity contribution is -0.123. The van der Waals surface area contributed by atoms with E-state index < -0.39 is 15.4 Å². The first kappa shape index (κ1) is 18.9. The Morgan fingerprint density at radius 1 is 1.08 bits per heavy atom. The maximum atomic E-state index is 12.4. The minimum atomic E-state index is -3.64. The van der Waals surface area contributed by atoms with Crippen LogP contribution in [0, 0.1) is 0 Å². The number of hydrogen-bond donors (Lipinski definition) is 2. The van der Waals surface area contributed by atoms with Gasteiger partial charge < -0.3 is 5.32 Å². The van der Waals surface area contributed by atoms with Gasteiger partial charge in [-0.3, -0.25) is 9.52 Å². The Hall–Kier alpha value is -1.86. The Bertz CT molecular complexity index is 889. The van der Waals surface area contributed by atoms with Crippen molar-refractivity contribution in [3.05, 3.63) is 58.6 Å². The summed E-state index contributed by atoms with van der Waals surface area (Å²) in [4.78, 5) is 12.6. The molecule has 2 aromatic carbocycles. The number of amides is 1. The summed E-state index contributed by atoms with van der Waals surface area (Å²) in [5, 5.41) is 2.96. The largest absolute Gasteiger partial charge is 0.355 e. The van der Waals surface area contributed by atoms with Crippen LogP contribution in [0.1, 0.15) is 31.7 Å². The maximum absolute atomic E-state index is 12.4. The van der Waals surface area contributed by atoms with Crippen molar-refractivity contribution in [2.24, 2.45) is 0 Å². The first-order valence-electron chi connectivity index (χ1n) is 8.55. The molecule has 1 aliphatic carbocycles. The summed E-state index contributed by atoms with van der Waals surface area (Å²) in [6, 6.07) is 13.5. The van der Waals surface area contributed by atoms with E-state index in [1.54, 1.807) is 24.3 Å². The minimum Gasteiger partial charge on any atom is -0.355 e. The van der Waals surface area contributed by atoms with E-state index in [1.807, 2.05) is 19.1 Å². The molecule has 3 rings (SSSR count). The van der Waals surface area contributed by atoms with Crippen LogP contribution in [0.5, 0.6) is 0 Å². The number of benzene rings is 2. The molecular weight excluding hydrogens is 416 g/mol. The summed E-state index contributed by atoms with van der Waals surface area (Å²) in [5.74, 6) is 0.0579. The SMILES string of the molecule is CCCNC(=O)C1(c2ccc(NS(=O)(=O)c3ccc(Br)cc3)cc2)CC1. The van der Waals surface area contributed by atoms with Crippen LogP contribution >= 0.6 is 15.9 Å². The molecule has 2 N–H and O–H groups in total. The number of carbonyl (C=O) groups excluding carboxylic acids is 1. The summed E-state index contributed by atoms with van der Waals surface area (Å²) >= 11 is 3.29. The number of halogens is 1. The first-order valence-corrected chi connectivity index (χ1v) is 10.8. The molecule has 0 saturated heterocycles. The molecule has 0 atom stereocenters. The van der Waals surface area contributed by atoms with Gasteiger partial charge in [0.05, 0.1) is 10.3 Å². The number of carbonyl (C=O) groups is 1. The molecule has 0 aromatic heterocycles. The third-order valence-electron chi connectivity index (χ3n) is 4.53. The minimum absolute atomic E-state index is 0.0579. The Kier molecular flexibility index (Phi) is 5.39. The van der Waals surface area contributed by atoms with Crippen molar-refractivity contribution in [3.63, 3.8) is 0 Å². The number of nitrogens with one attached hydrogen (secondary N) is 2. The van der Waals surface area contributed by atoms with Gasteiger partial charge in [-0.25, -0.2) is 8.42 Å². The van der Waals surface area contributed by atoms with Crippen molar-refractivity contribution in [1.82, 2.24) is 5.32 Å². The van der Waals surface area contributed by atoms with E-state index >= 15 is 0 Å². The highest BCUT2D eigenvalue weighted by molar-refractivity contribution is 9.10. The van der Waals surface area contributed by atoms with E-state index in [1.165, 1.54) is 12.1 Å². The van der Waals surface area contributed by atoms with Gasteiger partial charge in [0.15, 0.2) is 0 Å². The average molecular weight is 437 g/mol. The zero-order chi connectivity index (χ0) is 18.8. The van der Waals surface area contributed by atoms with Crippen LogP contribution in [-0.2, 0) is 20.2 Å². The van der Waals surface area contributed by atoms with Crippen LogP contribution in [0.2, 0.25) is 0 Å². The molecule has 0 unspecified atom stereocenters. The second kappa shape index (κ2) is 7.40. The number of hydrogen-bond acceptors (Lipinski definition) is 3. The summed E-state index contributed by atoms with van der Waals surface area (Å²) in [6.45, 7) is 2.69. The third kappa shape index (κ3) is 3.94. The van der Waals surface area contributed by atoms with Crippen LogP contribution in [0.4, 0.5) is 5.69 Å². The standard InChI is InChI=1S/C19H21BrN2O3S/c1-2-13-21-18(23)19(11-12-19)14-3-7-16(8-4-14)22-26(24,25)17-9-5-15(20)6-10-17/h3-10,22H,2,11-13H2,1H3,(H,21,23). The van der Waals surface area contributed by atoms with Gasteiger partial charge in [-0.05, 0) is 61.2 Å². The molecule has 0 heterocycles. The molecule has 26 heavy (non-hydrogen) atoms. The Labute approximate surface area is 162 Å². The summed E-state index contributed by atoms with van der Waals surface area (Å²) in [7, 11) is -3.64. The van der Waals surface area contributed by atoms with Crippen molar-refractivity contribution in [2.45, 2.75) is 36.5 Å². The van der Waals surface area contributed by atoms with E-state index in [-0.39, 0.29) is 10.8 Å². The fourth-order valence-corrected chi connectivity index (χ4v) is 4.19. The van der Waals surface area contributed by atoms with Crippen molar-refractivity contribution in [3.8, 4) is 0 Å². The molecule has 0 bridgehead atoms.